The first-order chi connectivity index (χ1) is 9.90. The van der Waals surface area contributed by atoms with E-state index in [0.29, 0.717) is 0 Å². The van der Waals surface area contributed by atoms with Gasteiger partial charge in [-0.05, 0) is 12.1 Å². The number of alkyl halides is 2. The number of halogens is 4. The Labute approximate surface area is 121 Å². The Balaban J connectivity index is 2.63. The number of aromatic carboxylic acids is 1. The molecule has 0 saturated carbocycles. The second-order valence-electron chi connectivity index (χ2n) is 3.71. The van der Waals surface area contributed by atoms with E-state index in [2.05, 4.69) is 14.7 Å². The maximum Gasteiger partial charge on any atom is 0.387 e. The van der Waals surface area contributed by atoms with E-state index in [0.717, 1.165) is 24.5 Å². The van der Waals surface area contributed by atoms with Gasteiger partial charge in [-0.15, -0.1) is 0 Å². The van der Waals surface area contributed by atoms with Crippen LogP contribution in [0, 0.1) is 5.82 Å². The average molecular weight is 319 g/mol. The molecule has 2 rings (SSSR count). The van der Waals surface area contributed by atoms with Crippen molar-refractivity contribution in [1.29, 1.82) is 0 Å². The summed E-state index contributed by atoms with van der Waals surface area (Å²) in [5.74, 6) is -2.99. The molecule has 0 aliphatic carbocycles. The lowest BCUT2D eigenvalue weighted by atomic mass is 10.1. The van der Waals surface area contributed by atoms with E-state index in [4.69, 9.17) is 16.7 Å². The summed E-state index contributed by atoms with van der Waals surface area (Å²) < 4.78 is 42.9. The Hall–Kier alpha value is -2.35. The average Bonchev–Trinajstić information content (AvgIpc) is 2.43. The van der Waals surface area contributed by atoms with Gasteiger partial charge in [-0.25, -0.2) is 14.2 Å². The van der Waals surface area contributed by atoms with Crippen LogP contribution in [0.15, 0.2) is 24.5 Å². The molecule has 1 heterocycles. The normalized spacial score (nSPS) is 10.7. The lowest BCUT2D eigenvalue weighted by Crippen LogP contribution is -2.07. The van der Waals surface area contributed by atoms with Crippen molar-refractivity contribution in [1.82, 2.24) is 9.97 Å². The molecule has 0 fully saturated rings. The van der Waals surface area contributed by atoms with Crippen LogP contribution < -0.4 is 4.74 Å². The second-order valence-corrected chi connectivity index (χ2v) is 4.11. The van der Waals surface area contributed by atoms with Gasteiger partial charge in [-0.2, -0.15) is 8.78 Å². The summed E-state index contributed by atoms with van der Waals surface area (Å²) in [6, 6.07) is 2.06. The van der Waals surface area contributed by atoms with E-state index in [1.807, 2.05) is 0 Å². The van der Waals surface area contributed by atoms with Crippen LogP contribution in [-0.4, -0.2) is 27.7 Å². The van der Waals surface area contributed by atoms with Gasteiger partial charge < -0.3 is 9.84 Å². The number of rotatable bonds is 4. The molecule has 9 heteroatoms. The first kappa shape index (κ1) is 15.0. The molecule has 5 nitrogen and oxygen atoms in total. The van der Waals surface area contributed by atoms with E-state index in [-0.39, 0.29) is 10.7 Å². The van der Waals surface area contributed by atoms with E-state index in [1.54, 1.807) is 0 Å². The quantitative estimate of drug-likeness (QED) is 0.937. The van der Waals surface area contributed by atoms with Crippen molar-refractivity contribution < 1.29 is 27.8 Å². The van der Waals surface area contributed by atoms with Crippen molar-refractivity contribution in [3.8, 4) is 17.0 Å². The molecule has 0 atom stereocenters. The summed E-state index contributed by atoms with van der Waals surface area (Å²) in [4.78, 5) is 18.0. The molecule has 0 amide bonds. The number of benzene rings is 1. The molecule has 0 bridgehead atoms. The minimum Gasteiger partial charge on any atom is -0.476 e. The standard InChI is InChI=1S/C12H6ClF3N2O3/c13-5-1-2-8(21-12(15)16)9(10(5)14)6-3-17-4-7(18-6)11(19)20/h1-4,12H,(H,19,20). The number of carbonyl (C=O) groups is 1. The van der Waals surface area contributed by atoms with Gasteiger partial charge >= 0.3 is 12.6 Å². The van der Waals surface area contributed by atoms with Gasteiger partial charge in [0.2, 0.25) is 0 Å². The monoisotopic (exact) mass is 318 g/mol. The zero-order chi connectivity index (χ0) is 15.6. The molecule has 0 unspecified atom stereocenters. The van der Waals surface area contributed by atoms with E-state index < -0.39 is 35.4 Å². The number of nitrogens with zero attached hydrogens (tertiary/aromatic N) is 2. The molecule has 0 aliphatic heterocycles. The van der Waals surface area contributed by atoms with Crippen LogP contribution in [0.1, 0.15) is 10.5 Å². The molecule has 0 radical (unpaired) electrons. The summed E-state index contributed by atoms with van der Waals surface area (Å²) in [5, 5.41) is 8.47. The lowest BCUT2D eigenvalue weighted by Gasteiger charge is -2.12. The van der Waals surface area contributed by atoms with Crippen molar-refractivity contribution in [2.75, 3.05) is 0 Å². The minimum atomic E-state index is -3.19. The van der Waals surface area contributed by atoms with Crippen LogP contribution in [0.3, 0.4) is 0 Å². The largest absolute Gasteiger partial charge is 0.476 e. The number of carboxylic acids is 1. The molecule has 110 valence electrons. The minimum absolute atomic E-state index is 0.287. The second kappa shape index (κ2) is 5.96. The van der Waals surface area contributed by atoms with Crippen molar-refractivity contribution in [2.45, 2.75) is 6.61 Å². The van der Waals surface area contributed by atoms with Crippen molar-refractivity contribution in [3.05, 3.63) is 41.1 Å². The predicted octanol–water partition coefficient (Wildman–Crippen LogP) is 3.24. The summed E-state index contributed by atoms with van der Waals surface area (Å²) in [6.45, 7) is -3.19. The third-order valence-corrected chi connectivity index (χ3v) is 2.67. The molecule has 0 spiro atoms. The highest BCUT2D eigenvalue weighted by Gasteiger charge is 2.20. The molecule has 0 aliphatic rings. The van der Waals surface area contributed by atoms with Gasteiger partial charge in [-0.3, -0.25) is 4.98 Å². The fourth-order valence-electron chi connectivity index (χ4n) is 1.56. The van der Waals surface area contributed by atoms with Crippen molar-refractivity contribution >= 4 is 17.6 Å². The van der Waals surface area contributed by atoms with Gasteiger partial charge in [0.1, 0.15) is 5.75 Å². The smallest absolute Gasteiger partial charge is 0.387 e. The maximum atomic E-state index is 14.1. The fraction of sp³-hybridized carbons (Fsp3) is 0.0833. The Morgan fingerprint density at radius 2 is 2.05 bits per heavy atom. The van der Waals surface area contributed by atoms with Gasteiger partial charge in [-0.1, -0.05) is 11.6 Å². The third kappa shape index (κ3) is 3.22. The summed E-state index contributed by atoms with van der Waals surface area (Å²) in [6.07, 6.45) is 1.95. The van der Waals surface area contributed by atoms with Crippen LogP contribution in [0.2, 0.25) is 5.02 Å². The SMILES string of the molecule is O=C(O)c1cncc(-c2c(OC(F)F)ccc(Cl)c2F)n1. The molecule has 21 heavy (non-hydrogen) atoms. The predicted molar refractivity (Wildman–Crippen MR) is 66.0 cm³/mol. The Bertz CT molecular complexity index is 697. The fourth-order valence-corrected chi connectivity index (χ4v) is 1.71. The highest BCUT2D eigenvalue weighted by atomic mass is 35.5. The summed E-state index contributed by atoms with van der Waals surface area (Å²) in [5.41, 5.74) is -1.25. The topological polar surface area (TPSA) is 72.3 Å². The highest BCUT2D eigenvalue weighted by molar-refractivity contribution is 6.31. The number of hydrogen-bond acceptors (Lipinski definition) is 4. The summed E-state index contributed by atoms with van der Waals surface area (Å²) in [7, 11) is 0. The molecular formula is C12H6ClF3N2O3. The third-order valence-electron chi connectivity index (χ3n) is 2.38. The molecular weight excluding hydrogens is 313 g/mol. The van der Waals surface area contributed by atoms with Gasteiger partial charge in [0.25, 0.3) is 0 Å². The Kier molecular flexibility index (Phi) is 4.27. The van der Waals surface area contributed by atoms with Gasteiger partial charge in [0, 0.05) is 0 Å². The Morgan fingerprint density at radius 3 is 2.67 bits per heavy atom. The van der Waals surface area contributed by atoms with Gasteiger partial charge in [0.15, 0.2) is 11.5 Å². The van der Waals surface area contributed by atoms with Crippen LogP contribution in [0.5, 0.6) is 5.75 Å². The van der Waals surface area contributed by atoms with Crippen molar-refractivity contribution in [3.63, 3.8) is 0 Å². The number of carboxylic acid groups (broad SMARTS) is 1. The van der Waals surface area contributed by atoms with Gasteiger partial charge in [0.05, 0.1) is 28.7 Å². The van der Waals surface area contributed by atoms with Crippen LogP contribution >= 0.6 is 11.6 Å². The number of aromatic nitrogens is 2. The first-order valence-electron chi connectivity index (χ1n) is 5.38. The molecule has 2 aromatic rings. The summed E-state index contributed by atoms with van der Waals surface area (Å²) >= 11 is 5.59. The van der Waals surface area contributed by atoms with Crippen LogP contribution in [0.4, 0.5) is 13.2 Å². The van der Waals surface area contributed by atoms with Crippen molar-refractivity contribution in [2.24, 2.45) is 0 Å². The zero-order valence-corrected chi connectivity index (χ0v) is 10.8. The van der Waals surface area contributed by atoms with E-state index >= 15 is 0 Å². The lowest BCUT2D eigenvalue weighted by molar-refractivity contribution is -0.0496. The number of hydrogen-bond donors (Lipinski definition) is 1. The Morgan fingerprint density at radius 1 is 1.33 bits per heavy atom. The molecule has 1 aromatic heterocycles. The molecule has 1 aromatic carbocycles. The molecule has 0 saturated heterocycles. The first-order valence-corrected chi connectivity index (χ1v) is 5.76. The zero-order valence-electron chi connectivity index (χ0n) is 10.1. The van der Waals surface area contributed by atoms with Crippen LogP contribution in [0.25, 0.3) is 11.3 Å². The maximum absolute atomic E-state index is 14.1. The van der Waals surface area contributed by atoms with E-state index in [9.17, 15) is 18.0 Å². The van der Waals surface area contributed by atoms with Crippen LogP contribution in [-0.2, 0) is 0 Å². The highest BCUT2D eigenvalue weighted by Crippen LogP contribution is 2.35. The number of ether oxygens (including phenoxy) is 1. The molecule has 1 N–H and O–H groups in total. The van der Waals surface area contributed by atoms with E-state index in [1.165, 1.54) is 0 Å².